The maximum absolute atomic E-state index is 13.4. The fraction of sp³-hybridized carbons (Fsp3) is 0.500. The number of carbonyl (C=O) groups excluding carboxylic acids is 2. The smallest absolute Gasteiger partial charge is 0.258 e. The van der Waals surface area contributed by atoms with E-state index in [1.54, 1.807) is 30.2 Å². The van der Waals surface area contributed by atoms with Crippen molar-refractivity contribution in [2.24, 2.45) is 7.05 Å². The number of hydrogen-bond donors (Lipinski definition) is 0. The van der Waals surface area contributed by atoms with Crippen LogP contribution in [0.2, 0.25) is 0 Å². The summed E-state index contributed by atoms with van der Waals surface area (Å²) in [5, 5.41) is 0. The van der Waals surface area contributed by atoms with Crippen LogP contribution >= 0.6 is 0 Å². The summed E-state index contributed by atoms with van der Waals surface area (Å²) in [5.74, 6) is 0.852. The Kier molecular flexibility index (Phi) is 7.60. The monoisotopic (exact) mass is 427 g/mol. The molecule has 0 radical (unpaired) electrons. The second-order valence-electron chi connectivity index (χ2n) is 8.01. The van der Waals surface area contributed by atoms with Gasteiger partial charge in [-0.2, -0.15) is 0 Å². The van der Waals surface area contributed by atoms with Crippen molar-refractivity contribution in [3.8, 4) is 11.5 Å². The first kappa shape index (κ1) is 22.7. The molecule has 0 spiro atoms. The van der Waals surface area contributed by atoms with Crippen molar-refractivity contribution in [3.63, 3.8) is 0 Å². The van der Waals surface area contributed by atoms with Gasteiger partial charge >= 0.3 is 0 Å². The van der Waals surface area contributed by atoms with Gasteiger partial charge < -0.3 is 23.8 Å². The molecule has 0 bridgehead atoms. The van der Waals surface area contributed by atoms with Crippen molar-refractivity contribution in [2.75, 3.05) is 27.3 Å². The van der Waals surface area contributed by atoms with Gasteiger partial charge in [0.15, 0.2) is 0 Å². The maximum atomic E-state index is 13.4. The molecule has 1 fully saturated rings. The van der Waals surface area contributed by atoms with Gasteiger partial charge in [0.05, 0.1) is 26.3 Å². The first-order chi connectivity index (χ1) is 15.0. The van der Waals surface area contributed by atoms with Gasteiger partial charge in [0.1, 0.15) is 18.0 Å². The number of aryl methyl sites for hydroxylation is 1. The molecular weight excluding hydrogens is 394 g/mol. The van der Waals surface area contributed by atoms with E-state index >= 15 is 0 Å². The van der Waals surface area contributed by atoms with Crippen LogP contribution in [0.4, 0.5) is 0 Å². The molecule has 0 N–H and O–H groups in total. The molecule has 7 nitrogen and oxygen atoms in total. The van der Waals surface area contributed by atoms with Crippen molar-refractivity contribution < 1.29 is 19.1 Å². The third-order valence-electron chi connectivity index (χ3n) is 5.73. The summed E-state index contributed by atoms with van der Waals surface area (Å²) in [6.07, 6.45) is 5.79. The van der Waals surface area contributed by atoms with Gasteiger partial charge in [-0.25, -0.2) is 0 Å². The van der Waals surface area contributed by atoms with Gasteiger partial charge in [-0.1, -0.05) is 13.3 Å². The first-order valence-electron chi connectivity index (χ1n) is 10.9. The molecule has 3 rings (SSSR count). The molecule has 31 heavy (non-hydrogen) atoms. The fourth-order valence-electron chi connectivity index (χ4n) is 3.64. The molecule has 0 aliphatic heterocycles. The summed E-state index contributed by atoms with van der Waals surface area (Å²) < 4.78 is 12.7. The Bertz CT molecular complexity index is 904. The highest BCUT2D eigenvalue weighted by Gasteiger charge is 2.34. The average Bonchev–Trinajstić information content (AvgIpc) is 3.55. The molecule has 0 atom stereocenters. The highest BCUT2D eigenvalue weighted by Crippen LogP contribution is 2.29. The summed E-state index contributed by atoms with van der Waals surface area (Å²) in [4.78, 5) is 30.2. The molecule has 168 valence electrons. The van der Waals surface area contributed by atoms with Crippen LogP contribution < -0.4 is 9.47 Å². The molecular formula is C24H33N3O4. The molecule has 1 aliphatic rings. The van der Waals surface area contributed by atoms with Crippen LogP contribution in [-0.2, 0) is 18.4 Å². The second-order valence-corrected chi connectivity index (χ2v) is 8.01. The number of ether oxygens (including phenoxy) is 2. The van der Waals surface area contributed by atoms with Crippen molar-refractivity contribution in [3.05, 3.63) is 47.8 Å². The number of unbranched alkanes of at least 4 members (excludes halogenated alkanes) is 1. The number of carbonyl (C=O) groups is 2. The molecule has 1 saturated carbocycles. The highest BCUT2D eigenvalue weighted by molar-refractivity contribution is 5.99. The summed E-state index contributed by atoms with van der Waals surface area (Å²) >= 11 is 0. The van der Waals surface area contributed by atoms with E-state index in [4.69, 9.17) is 9.47 Å². The van der Waals surface area contributed by atoms with Crippen LogP contribution in [-0.4, -0.2) is 59.5 Å². The molecule has 1 aromatic heterocycles. The third kappa shape index (κ3) is 5.60. The van der Waals surface area contributed by atoms with E-state index in [0.29, 0.717) is 30.2 Å². The van der Waals surface area contributed by atoms with E-state index in [-0.39, 0.29) is 24.4 Å². The van der Waals surface area contributed by atoms with Crippen LogP contribution in [0.25, 0.3) is 0 Å². The van der Waals surface area contributed by atoms with Crippen molar-refractivity contribution in [2.45, 2.75) is 45.2 Å². The van der Waals surface area contributed by atoms with E-state index in [9.17, 15) is 9.59 Å². The molecule has 1 aromatic carbocycles. The fourth-order valence-corrected chi connectivity index (χ4v) is 3.64. The normalized spacial score (nSPS) is 13.0. The SMILES string of the molecule is CCCCN(CC(=O)N(Cc1cccn1C)C1CC1)C(=O)c1ccc(OC)cc1OC. The number of nitrogens with zero attached hydrogens (tertiary/aromatic N) is 3. The van der Waals surface area contributed by atoms with Crippen LogP contribution in [0.3, 0.4) is 0 Å². The lowest BCUT2D eigenvalue weighted by atomic mass is 10.1. The summed E-state index contributed by atoms with van der Waals surface area (Å²) in [7, 11) is 5.08. The van der Waals surface area contributed by atoms with Gasteiger partial charge in [-0.15, -0.1) is 0 Å². The minimum atomic E-state index is -0.198. The van der Waals surface area contributed by atoms with E-state index in [2.05, 4.69) is 6.92 Å². The largest absolute Gasteiger partial charge is 0.497 e. The van der Waals surface area contributed by atoms with Crippen molar-refractivity contribution in [1.29, 1.82) is 0 Å². The molecule has 2 amide bonds. The Balaban J connectivity index is 1.79. The van der Waals surface area contributed by atoms with E-state index in [1.807, 2.05) is 34.8 Å². The molecule has 1 heterocycles. The maximum Gasteiger partial charge on any atom is 0.258 e. The highest BCUT2D eigenvalue weighted by atomic mass is 16.5. The molecule has 0 saturated heterocycles. The minimum Gasteiger partial charge on any atom is -0.497 e. The average molecular weight is 428 g/mol. The summed E-state index contributed by atoms with van der Waals surface area (Å²) in [6.45, 7) is 3.23. The van der Waals surface area contributed by atoms with Gasteiger partial charge in [0, 0.05) is 37.6 Å². The Morgan fingerprint density at radius 2 is 1.94 bits per heavy atom. The lowest BCUT2D eigenvalue weighted by Crippen LogP contribution is -2.44. The molecule has 2 aromatic rings. The number of aromatic nitrogens is 1. The van der Waals surface area contributed by atoms with E-state index in [1.165, 1.54) is 7.11 Å². The Morgan fingerprint density at radius 1 is 1.16 bits per heavy atom. The van der Waals surface area contributed by atoms with E-state index in [0.717, 1.165) is 31.4 Å². The number of hydrogen-bond acceptors (Lipinski definition) is 4. The van der Waals surface area contributed by atoms with Crippen LogP contribution in [0, 0.1) is 0 Å². The molecule has 0 unspecified atom stereocenters. The zero-order valence-corrected chi connectivity index (χ0v) is 19.0. The Hall–Kier alpha value is -2.96. The van der Waals surface area contributed by atoms with Crippen LogP contribution in [0.1, 0.15) is 48.7 Å². The predicted octanol–water partition coefficient (Wildman–Crippen LogP) is 3.48. The lowest BCUT2D eigenvalue weighted by molar-refractivity contribution is -0.133. The number of methoxy groups -OCH3 is 2. The van der Waals surface area contributed by atoms with Gasteiger partial charge in [-0.05, 0) is 43.5 Å². The van der Waals surface area contributed by atoms with Gasteiger partial charge in [0.2, 0.25) is 5.91 Å². The third-order valence-corrected chi connectivity index (χ3v) is 5.73. The quantitative estimate of drug-likeness (QED) is 0.551. The number of benzene rings is 1. The Labute approximate surface area is 184 Å². The zero-order chi connectivity index (χ0) is 22.4. The van der Waals surface area contributed by atoms with Crippen LogP contribution in [0.5, 0.6) is 11.5 Å². The number of rotatable bonds is 11. The predicted molar refractivity (Wildman–Crippen MR) is 119 cm³/mol. The standard InChI is InChI=1S/C24H33N3O4/c1-5-6-14-26(24(29)21-12-11-20(30-3)15-22(21)31-4)17-23(28)27(18-9-10-18)16-19-8-7-13-25(19)2/h7-8,11-13,15,18H,5-6,9-10,14,16-17H2,1-4H3. The van der Waals surface area contributed by atoms with Crippen molar-refractivity contribution in [1.82, 2.24) is 14.4 Å². The number of amides is 2. The second kappa shape index (κ2) is 10.4. The van der Waals surface area contributed by atoms with Crippen LogP contribution in [0.15, 0.2) is 36.5 Å². The molecule has 7 heteroatoms. The van der Waals surface area contributed by atoms with E-state index < -0.39 is 0 Å². The molecule has 1 aliphatic carbocycles. The van der Waals surface area contributed by atoms with Gasteiger partial charge in [-0.3, -0.25) is 9.59 Å². The lowest BCUT2D eigenvalue weighted by Gasteiger charge is -2.28. The summed E-state index contributed by atoms with van der Waals surface area (Å²) in [6, 6.07) is 9.41. The first-order valence-corrected chi connectivity index (χ1v) is 10.9. The van der Waals surface area contributed by atoms with Gasteiger partial charge in [0.25, 0.3) is 5.91 Å². The minimum absolute atomic E-state index is 0.0133. The van der Waals surface area contributed by atoms with Crippen molar-refractivity contribution >= 4 is 11.8 Å². The Morgan fingerprint density at radius 3 is 2.52 bits per heavy atom. The topological polar surface area (TPSA) is 64.0 Å². The zero-order valence-electron chi connectivity index (χ0n) is 19.0. The summed E-state index contributed by atoms with van der Waals surface area (Å²) in [5.41, 5.74) is 1.52.